The van der Waals surface area contributed by atoms with Gasteiger partial charge in [0.25, 0.3) is 5.56 Å². The number of nitrogens with two attached hydrogens (primary N) is 1. The Hall–Kier alpha value is -3.03. The van der Waals surface area contributed by atoms with Gasteiger partial charge in [0, 0.05) is 59.5 Å². The fourth-order valence-electron chi connectivity index (χ4n) is 4.42. The number of hydrogen-bond donors (Lipinski definition) is 1. The van der Waals surface area contributed by atoms with E-state index in [1.54, 1.807) is 6.07 Å². The largest absolute Gasteiger partial charge is 0.494 e. The molecule has 0 bridgehead atoms. The van der Waals surface area contributed by atoms with Crippen LogP contribution in [-0.2, 0) is 0 Å². The summed E-state index contributed by atoms with van der Waals surface area (Å²) in [6.45, 7) is 6.10. The molecule has 5 rings (SSSR count). The van der Waals surface area contributed by atoms with Gasteiger partial charge in [0.05, 0.1) is 12.1 Å². The fraction of sp³-hybridized carbons (Fsp3) is 0.320. The van der Waals surface area contributed by atoms with Crippen LogP contribution in [0, 0.1) is 0 Å². The summed E-state index contributed by atoms with van der Waals surface area (Å²) in [5, 5.41) is 4.48. The molecule has 3 heterocycles. The van der Waals surface area contributed by atoms with E-state index < -0.39 is 0 Å². The predicted octanol–water partition coefficient (Wildman–Crippen LogP) is 3.91. The fourth-order valence-corrected chi connectivity index (χ4v) is 5.22. The van der Waals surface area contributed by atoms with Crippen LogP contribution in [0.4, 0.5) is 5.69 Å². The highest BCUT2D eigenvalue weighted by molar-refractivity contribution is 7.17. The minimum absolute atomic E-state index is 0.221. The van der Waals surface area contributed by atoms with Crippen LogP contribution in [0.25, 0.3) is 21.0 Å². The number of aromatic nitrogens is 1. The second-order valence-corrected chi connectivity index (χ2v) is 9.20. The van der Waals surface area contributed by atoms with Crippen LogP contribution in [-0.4, -0.2) is 48.9 Å². The van der Waals surface area contributed by atoms with Gasteiger partial charge in [0.1, 0.15) is 5.75 Å². The van der Waals surface area contributed by atoms with Gasteiger partial charge in [-0.15, -0.1) is 11.3 Å². The van der Waals surface area contributed by atoms with Crippen molar-refractivity contribution in [2.75, 3.05) is 50.1 Å². The first kappa shape index (κ1) is 20.8. The number of thiophene rings is 1. The van der Waals surface area contributed by atoms with E-state index in [0.29, 0.717) is 12.1 Å². The summed E-state index contributed by atoms with van der Waals surface area (Å²) in [5.74, 6) is 6.60. The summed E-state index contributed by atoms with van der Waals surface area (Å²) < 4.78 is 8.44. The molecule has 0 saturated carbocycles. The number of pyridine rings is 1. The number of piperazine rings is 1. The molecule has 32 heavy (non-hydrogen) atoms. The van der Waals surface area contributed by atoms with Gasteiger partial charge in [0.15, 0.2) is 0 Å². The van der Waals surface area contributed by atoms with Crippen molar-refractivity contribution in [3.05, 3.63) is 70.3 Å². The molecule has 0 unspecified atom stereocenters. The van der Waals surface area contributed by atoms with Crippen molar-refractivity contribution < 1.29 is 4.74 Å². The lowest BCUT2D eigenvalue weighted by atomic mass is 10.2. The van der Waals surface area contributed by atoms with Crippen molar-refractivity contribution in [1.29, 1.82) is 0 Å². The zero-order valence-electron chi connectivity index (χ0n) is 18.1. The minimum atomic E-state index is -0.221. The topological polar surface area (TPSA) is 63.7 Å². The molecule has 166 valence electrons. The summed E-state index contributed by atoms with van der Waals surface area (Å²) in [5.41, 5.74) is 1.84. The number of nitrogen functional groups attached to an aromatic ring is 1. The Bertz CT molecular complexity index is 1270. The second-order valence-electron chi connectivity index (χ2n) is 8.26. The van der Waals surface area contributed by atoms with E-state index in [-0.39, 0.29) is 5.56 Å². The number of hydrogen-bond acceptors (Lipinski definition) is 6. The Morgan fingerprint density at radius 3 is 2.69 bits per heavy atom. The molecule has 1 fully saturated rings. The average molecular weight is 449 g/mol. The molecule has 1 aliphatic rings. The van der Waals surface area contributed by atoms with Crippen LogP contribution < -0.4 is 21.0 Å². The molecule has 2 aromatic carbocycles. The number of benzene rings is 2. The van der Waals surface area contributed by atoms with E-state index in [0.717, 1.165) is 56.7 Å². The second kappa shape index (κ2) is 9.22. The monoisotopic (exact) mass is 448 g/mol. The Morgan fingerprint density at radius 2 is 1.81 bits per heavy atom. The van der Waals surface area contributed by atoms with E-state index >= 15 is 0 Å². The molecule has 1 saturated heterocycles. The van der Waals surface area contributed by atoms with Gasteiger partial charge in [-0.25, -0.2) is 4.68 Å². The van der Waals surface area contributed by atoms with Crippen LogP contribution in [0.2, 0.25) is 0 Å². The van der Waals surface area contributed by atoms with Gasteiger partial charge < -0.3 is 15.5 Å². The molecule has 0 amide bonds. The van der Waals surface area contributed by atoms with Gasteiger partial charge in [-0.2, -0.15) is 0 Å². The third kappa shape index (κ3) is 4.31. The Balaban J connectivity index is 1.07. The molecule has 4 aromatic rings. The maximum absolute atomic E-state index is 11.7. The normalized spacial score (nSPS) is 14.9. The zero-order chi connectivity index (χ0) is 21.9. The first-order chi connectivity index (χ1) is 15.7. The highest BCUT2D eigenvalue weighted by Gasteiger charge is 2.18. The third-order valence-electron chi connectivity index (χ3n) is 6.23. The average Bonchev–Trinajstić information content (AvgIpc) is 3.31. The molecule has 0 atom stereocenters. The predicted molar refractivity (Wildman–Crippen MR) is 134 cm³/mol. The maximum atomic E-state index is 11.7. The maximum Gasteiger partial charge on any atom is 0.269 e. The summed E-state index contributed by atoms with van der Waals surface area (Å²) in [6, 6.07) is 17.8. The standard InChI is InChI=1S/C25H28N4O2S/c26-29-23-18-20(8-6-19(23)7-9-25(29)30)31-16-2-1-11-27-12-14-28(15-13-27)22-4-3-5-24-21(22)10-17-32-24/h3-10,17-18H,1-2,11-16,26H2. The zero-order valence-corrected chi connectivity index (χ0v) is 18.9. The molecule has 0 radical (unpaired) electrons. The minimum Gasteiger partial charge on any atom is -0.494 e. The Labute approximate surface area is 191 Å². The van der Waals surface area contributed by atoms with Crippen LogP contribution in [0.1, 0.15) is 12.8 Å². The lowest BCUT2D eigenvalue weighted by Gasteiger charge is -2.36. The van der Waals surface area contributed by atoms with Gasteiger partial charge in [0.2, 0.25) is 0 Å². The van der Waals surface area contributed by atoms with Gasteiger partial charge >= 0.3 is 0 Å². The van der Waals surface area contributed by atoms with E-state index in [9.17, 15) is 4.79 Å². The number of fused-ring (bicyclic) bond motifs is 2. The number of unbranched alkanes of at least 4 members (excludes halogenated alkanes) is 1. The molecule has 2 aromatic heterocycles. The summed E-state index contributed by atoms with van der Waals surface area (Å²) in [6.07, 6.45) is 2.10. The molecule has 1 aliphatic heterocycles. The van der Waals surface area contributed by atoms with Gasteiger partial charge in [-0.05, 0) is 61.2 Å². The molecule has 0 spiro atoms. The number of anilines is 1. The highest BCUT2D eigenvalue weighted by atomic mass is 32.1. The molecular weight excluding hydrogens is 420 g/mol. The highest BCUT2D eigenvalue weighted by Crippen LogP contribution is 2.31. The van der Waals surface area contributed by atoms with Crippen molar-refractivity contribution in [1.82, 2.24) is 9.58 Å². The molecular formula is C25H28N4O2S. The molecule has 6 nitrogen and oxygen atoms in total. The van der Waals surface area contributed by atoms with E-state index in [4.69, 9.17) is 10.6 Å². The first-order valence-electron chi connectivity index (χ1n) is 11.2. The number of rotatable bonds is 7. The van der Waals surface area contributed by atoms with Crippen LogP contribution in [0.5, 0.6) is 5.75 Å². The van der Waals surface area contributed by atoms with E-state index in [2.05, 4.69) is 39.4 Å². The van der Waals surface area contributed by atoms with Crippen molar-refractivity contribution in [2.24, 2.45) is 0 Å². The first-order valence-corrected chi connectivity index (χ1v) is 12.0. The number of ether oxygens (including phenoxy) is 1. The SMILES string of the molecule is Nn1c(=O)ccc2ccc(OCCCCN3CCN(c4cccc5sccc45)CC3)cc21. The molecule has 7 heteroatoms. The van der Waals surface area contributed by atoms with E-state index in [1.807, 2.05) is 29.5 Å². The quantitative estimate of drug-likeness (QED) is 0.343. The lowest BCUT2D eigenvalue weighted by Crippen LogP contribution is -2.46. The summed E-state index contributed by atoms with van der Waals surface area (Å²) in [4.78, 5) is 16.8. The Morgan fingerprint density at radius 1 is 0.969 bits per heavy atom. The molecule has 0 aliphatic carbocycles. The van der Waals surface area contributed by atoms with Crippen LogP contribution in [0.15, 0.2) is 64.8 Å². The van der Waals surface area contributed by atoms with Gasteiger partial charge in [-0.1, -0.05) is 6.07 Å². The van der Waals surface area contributed by atoms with Crippen molar-refractivity contribution in [3.63, 3.8) is 0 Å². The van der Waals surface area contributed by atoms with Crippen LogP contribution >= 0.6 is 11.3 Å². The van der Waals surface area contributed by atoms with Crippen LogP contribution in [0.3, 0.4) is 0 Å². The summed E-state index contributed by atoms with van der Waals surface area (Å²) >= 11 is 1.81. The third-order valence-corrected chi connectivity index (χ3v) is 7.11. The van der Waals surface area contributed by atoms with Crippen molar-refractivity contribution >= 4 is 38.0 Å². The lowest BCUT2D eigenvalue weighted by molar-refractivity contribution is 0.239. The van der Waals surface area contributed by atoms with E-state index in [1.165, 1.54) is 26.5 Å². The van der Waals surface area contributed by atoms with Gasteiger partial charge in [-0.3, -0.25) is 9.69 Å². The van der Waals surface area contributed by atoms with Crippen molar-refractivity contribution in [3.8, 4) is 5.75 Å². The Kier molecular flexibility index (Phi) is 6.01. The van der Waals surface area contributed by atoms with Crippen molar-refractivity contribution in [2.45, 2.75) is 12.8 Å². The number of nitrogens with zero attached hydrogens (tertiary/aromatic N) is 3. The smallest absolute Gasteiger partial charge is 0.269 e. The summed E-state index contributed by atoms with van der Waals surface area (Å²) in [7, 11) is 0. The molecule has 2 N–H and O–H groups in total.